The molecule has 3 fully saturated rings. The van der Waals surface area contributed by atoms with Gasteiger partial charge in [-0.15, -0.1) is 0 Å². The van der Waals surface area contributed by atoms with Crippen molar-refractivity contribution in [2.45, 2.75) is 37.0 Å². The molecular formula is C18H29N5O2S2. The van der Waals surface area contributed by atoms with Crippen LogP contribution >= 0.6 is 23.7 Å². The molecule has 0 aromatic heterocycles. The average molecular weight is 412 g/mol. The van der Waals surface area contributed by atoms with Crippen LogP contribution in [0.4, 0.5) is 0 Å². The largest absolute Gasteiger partial charge is 0.328 e. The number of amides is 2. The summed E-state index contributed by atoms with van der Waals surface area (Å²) in [5.41, 5.74) is 0. The van der Waals surface area contributed by atoms with Crippen LogP contribution in [0, 0.1) is 5.92 Å². The fraction of sp³-hybridized carbons (Fsp3) is 0.722. The first-order valence-electron chi connectivity index (χ1n) is 9.57. The van der Waals surface area contributed by atoms with E-state index in [1.165, 1.54) is 24.6 Å². The van der Waals surface area contributed by atoms with Gasteiger partial charge in [0.2, 0.25) is 11.8 Å². The molecule has 7 nitrogen and oxygen atoms in total. The molecule has 3 aliphatic rings. The van der Waals surface area contributed by atoms with Crippen LogP contribution in [-0.2, 0) is 9.59 Å². The lowest BCUT2D eigenvalue weighted by atomic mass is 9.97. The van der Waals surface area contributed by atoms with E-state index in [9.17, 15) is 9.59 Å². The van der Waals surface area contributed by atoms with Crippen LogP contribution in [0.5, 0.6) is 0 Å². The summed E-state index contributed by atoms with van der Waals surface area (Å²) >= 11 is 3.09. The minimum atomic E-state index is -0.447. The Morgan fingerprint density at radius 3 is 2.85 bits per heavy atom. The Balaban J connectivity index is 1.65. The lowest BCUT2D eigenvalue weighted by Gasteiger charge is -2.38. The summed E-state index contributed by atoms with van der Waals surface area (Å²) in [6.07, 6.45) is 4.24. The number of carbonyl (C=O) groups excluding carboxylic acids is 2. The molecule has 1 aliphatic carbocycles. The highest BCUT2D eigenvalue weighted by molar-refractivity contribution is 8.16. The summed E-state index contributed by atoms with van der Waals surface area (Å²) < 4.78 is 2.16. The molecule has 27 heavy (non-hydrogen) atoms. The van der Waals surface area contributed by atoms with E-state index in [1.54, 1.807) is 17.4 Å². The molecule has 2 atom stereocenters. The third kappa shape index (κ3) is 5.97. The fourth-order valence-corrected chi connectivity index (χ4v) is 5.04. The van der Waals surface area contributed by atoms with E-state index < -0.39 is 6.04 Å². The Morgan fingerprint density at radius 1 is 1.44 bits per heavy atom. The molecule has 3 rings (SSSR count). The molecule has 2 aliphatic heterocycles. The number of thioether (sulfide) groups is 1. The second kappa shape index (κ2) is 9.95. The molecular weight excluding hydrogens is 382 g/mol. The highest BCUT2D eigenvalue weighted by atomic mass is 32.2. The van der Waals surface area contributed by atoms with Crippen molar-refractivity contribution in [3.63, 3.8) is 0 Å². The zero-order chi connectivity index (χ0) is 19.2. The van der Waals surface area contributed by atoms with Gasteiger partial charge in [0, 0.05) is 25.4 Å². The van der Waals surface area contributed by atoms with Gasteiger partial charge in [0.05, 0.1) is 6.54 Å². The molecule has 150 valence electrons. The number of hydrogen-bond donors (Lipinski definition) is 2. The third-order valence-electron chi connectivity index (χ3n) is 5.07. The highest BCUT2D eigenvalue weighted by Gasteiger charge is 2.37. The van der Waals surface area contributed by atoms with Crippen LogP contribution in [0.25, 0.3) is 0 Å². The van der Waals surface area contributed by atoms with Crippen LogP contribution < -0.4 is 10.6 Å². The van der Waals surface area contributed by atoms with Gasteiger partial charge in [-0.3, -0.25) is 14.6 Å². The average Bonchev–Trinajstić information content (AvgIpc) is 3.31. The second-order valence-corrected chi connectivity index (χ2v) is 9.52. The molecule has 1 saturated carbocycles. The standard InChI is InChI=1S/C18H29N5O2S2/c1-3-26-18(19-2)21-17(25)15(10-13-6-7-20-11-13)23-9-8-22(12-16(23)24)27-14-4-5-14/h3,13-15,20H,1,4-12H2,2H3,(H,19,21,25). The maximum atomic E-state index is 13.0. The van der Waals surface area contributed by atoms with Crippen molar-refractivity contribution >= 4 is 40.7 Å². The molecule has 2 saturated heterocycles. The second-order valence-electron chi connectivity index (χ2n) is 7.17. The predicted octanol–water partition coefficient (Wildman–Crippen LogP) is 1.29. The summed E-state index contributed by atoms with van der Waals surface area (Å²) in [5, 5.41) is 9.07. The summed E-state index contributed by atoms with van der Waals surface area (Å²) in [6, 6.07) is -0.447. The topological polar surface area (TPSA) is 77.0 Å². The monoisotopic (exact) mass is 411 g/mol. The van der Waals surface area contributed by atoms with E-state index in [1.807, 2.05) is 11.9 Å². The molecule has 2 amide bonds. The first-order valence-corrected chi connectivity index (χ1v) is 11.3. The van der Waals surface area contributed by atoms with Crippen LogP contribution in [0.2, 0.25) is 0 Å². The van der Waals surface area contributed by atoms with Gasteiger partial charge in [0.25, 0.3) is 0 Å². The fourth-order valence-electron chi connectivity index (χ4n) is 3.48. The van der Waals surface area contributed by atoms with Crippen LogP contribution in [0.1, 0.15) is 25.7 Å². The summed E-state index contributed by atoms with van der Waals surface area (Å²) in [5.74, 6) is 0.321. The quantitative estimate of drug-likeness (QED) is 0.373. The number of aliphatic imine (C=N–C) groups is 1. The SMILES string of the molecule is C=CSC(=NC)NC(=O)C(CC1CCNC1)N1CCN(SC2CC2)CC1=O. The first-order chi connectivity index (χ1) is 13.1. The Hall–Kier alpha value is -1.03. The van der Waals surface area contributed by atoms with Gasteiger partial charge in [0.15, 0.2) is 5.17 Å². The van der Waals surface area contributed by atoms with E-state index in [4.69, 9.17) is 0 Å². The number of carbonyl (C=O) groups is 2. The molecule has 0 aromatic carbocycles. The molecule has 0 radical (unpaired) electrons. The van der Waals surface area contributed by atoms with Crippen molar-refractivity contribution in [2.75, 3.05) is 39.8 Å². The number of nitrogens with zero attached hydrogens (tertiary/aromatic N) is 3. The molecule has 2 N–H and O–H groups in total. The van der Waals surface area contributed by atoms with E-state index in [0.717, 1.165) is 26.1 Å². The maximum Gasteiger partial charge on any atom is 0.248 e. The predicted molar refractivity (Wildman–Crippen MR) is 113 cm³/mol. The number of amidine groups is 1. The normalized spacial score (nSPS) is 25.5. The van der Waals surface area contributed by atoms with Crippen molar-refractivity contribution in [1.82, 2.24) is 19.8 Å². The van der Waals surface area contributed by atoms with Crippen molar-refractivity contribution in [3.05, 3.63) is 12.0 Å². The summed E-state index contributed by atoms with van der Waals surface area (Å²) in [4.78, 5) is 31.7. The van der Waals surface area contributed by atoms with Gasteiger partial charge in [-0.05, 0) is 50.1 Å². The Kier molecular flexibility index (Phi) is 7.63. The minimum absolute atomic E-state index is 0.0480. The summed E-state index contributed by atoms with van der Waals surface area (Å²) in [7, 11) is 1.64. The van der Waals surface area contributed by atoms with Crippen molar-refractivity contribution in [1.29, 1.82) is 0 Å². The van der Waals surface area contributed by atoms with Crippen molar-refractivity contribution < 1.29 is 9.59 Å². The number of piperazine rings is 1. The van der Waals surface area contributed by atoms with E-state index in [2.05, 4.69) is 26.5 Å². The lowest BCUT2D eigenvalue weighted by Crippen LogP contribution is -2.57. The van der Waals surface area contributed by atoms with Crippen LogP contribution in [-0.4, -0.2) is 77.3 Å². The van der Waals surface area contributed by atoms with Gasteiger partial charge in [-0.2, -0.15) is 0 Å². The molecule has 0 aromatic rings. The zero-order valence-corrected chi connectivity index (χ0v) is 17.5. The van der Waals surface area contributed by atoms with E-state index >= 15 is 0 Å². The zero-order valence-electron chi connectivity index (χ0n) is 15.9. The van der Waals surface area contributed by atoms with Gasteiger partial charge in [-0.1, -0.05) is 30.3 Å². The first kappa shape index (κ1) is 20.7. The molecule has 9 heteroatoms. The minimum Gasteiger partial charge on any atom is -0.328 e. The van der Waals surface area contributed by atoms with Gasteiger partial charge >= 0.3 is 0 Å². The number of rotatable bonds is 7. The summed E-state index contributed by atoms with van der Waals surface area (Å²) in [6.45, 7) is 7.37. The number of hydrogen-bond acceptors (Lipinski definition) is 7. The Labute approximate surface area is 169 Å². The molecule has 2 heterocycles. The van der Waals surface area contributed by atoms with Crippen molar-refractivity contribution in [2.24, 2.45) is 10.9 Å². The van der Waals surface area contributed by atoms with Gasteiger partial charge in [-0.25, -0.2) is 4.31 Å². The smallest absolute Gasteiger partial charge is 0.248 e. The Morgan fingerprint density at radius 2 is 2.26 bits per heavy atom. The van der Waals surface area contributed by atoms with Crippen LogP contribution in [0.15, 0.2) is 17.0 Å². The van der Waals surface area contributed by atoms with E-state index in [-0.39, 0.29) is 11.8 Å². The Bertz CT molecular complexity index is 590. The molecule has 0 spiro atoms. The highest BCUT2D eigenvalue weighted by Crippen LogP contribution is 2.37. The maximum absolute atomic E-state index is 13.0. The van der Waals surface area contributed by atoms with E-state index in [0.29, 0.717) is 35.8 Å². The molecule has 2 unspecified atom stereocenters. The third-order valence-corrected chi connectivity index (χ3v) is 7.12. The van der Waals surface area contributed by atoms with Crippen LogP contribution in [0.3, 0.4) is 0 Å². The lowest BCUT2D eigenvalue weighted by molar-refractivity contribution is -0.143. The number of nitrogens with one attached hydrogen (secondary N) is 2. The van der Waals surface area contributed by atoms with Gasteiger partial charge in [0.1, 0.15) is 6.04 Å². The van der Waals surface area contributed by atoms with Crippen molar-refractivity contribution in [3.8, 4) is 0 Å². The van der Waals surface area contributed by atoms with Gasteiger partial charge < -0.3 is 15.5 Å². The molecule has 0 bridgehead atoms.